The molecule has 0 aliphatic rings. The van der Waals surface area contributed by atoms with E-state index in [9.17, 15) is 13.2 Å². The van der Waals surface area contributed by atoms with E-state index >= 15 is 0 Å². The molecular weight excluding hydrogens is 332 g/mol. The Morgan fingerprint density at radius 3 is 2.42 bits per heavy atom. The van der Waals surface area contributed by atoms with E-state index in [1.165, 1.54) is 7.11 Å². The summed E-state index contributed by atoms with van der Waals surface area (Å²) in [6.07, 6.45) is 1.77. The molecule has 0 saturated carbocycles. The van der Waals surface area contributed by atoms with Crippen molar-refractivity contribution >= 4 is 16.4 Å². The zero-order valence-electron chi connectivity index (χ0n) is 13.4. The lowest BCUT2D eigenvalue weighted by atomic mass is 10.1. The van der Waals surface area contributed by atoms with Crippen molar-refractivity contribution < 1.29 is 26.9 Å². The van der Waals surface area contributed by atoms with Crippen molar-refractivity contribution in [3.8, 4) is 11.5 Å². The molecule has 2 rings (SSSR count). The molecule has 24 heavy (non-hydrogen) atoms. The van der Waals surface area contributed by atoms with Gasteiger partial charge in [-0.2, -0.15) is 8.42 Å². The lowest BCUT2D eigenvalue weighted by Crippen LogP contribution is -2.03. The third-order valence-electron chi connectivity index (χ3n) is 3.15. The van der Waals surface area contributed by atoms with Crippen molar-refractivity contribution in [2.45, 2.75) is 13.2 Å². The molecule has 2 aromatic carbocycles. The maximum Gasteiger partial charge on any atom is 0.264 e. The number of benzene rings is 2. The first kappa shape index (κ1) is 18.0. The lowest BCUT2D eigenvalue weighted by molar-refractivity contribution is 0.112. The first-order valence-corrected chi connectivity index (χ1v) is 8.91. The van der Waals surface area contributed by atoms with Gasteiger partial charge in [-0.15, -0.1) is 0 Å². The van der Waals surface area contributed by atoms with Crippen molar-refractivity contribution in [2.24, 2.45) is 0 Å². The Labute approximate surface area is 141 Å². The predicted molar refractivity (Wildman–Crippen MR) is 88.8 cm³/mol. The van der Waals surface area contributed by atoms with Gasteiger partial charge in [-0.1, -0.05) is 24.3 Å². The second-order valence-electron chi connectivity index (χ2n) is 5.10. The van der Waals surface area contributed by atoms with Crippen LogP contribution in [0.5, 0.6) is 11.5 Å². The molecule has 0 bridgehead atoms. The summed E-state index contributed by atoms with van der Waals surface area (Å²) in [5, 5.41) is 0. The normalized spacial score (nSPS) is 11.1. The van der Waals surface area contributed by atoms with Gasteiger partial charge in [0.25, 0.3) is 10.1 Å². The van der Waals surface area contributed by atoms with E-state index in [1.54, 1.807) is 36.4 Å². The van der Waals surface area contributed by atoms with Crippen molar-refractivity contribution in [2.75, 3.05) is 13.4 Å². The quantitative estimate of drug-likeness (QED) is 0.538. The zero-order valence-corrected chi connectivity index (χ0v) is 14.2. The second-order valence-corrected chi connectivity index (χ2v) is 6.75. The summed E-state index contributed by atoms with van der Waals surface area (Å²) in [6.45, 7) is 0.161. The Morgan fingerprint density at radius 2 is 1.75 bits per heavy atom. The standard InChI is InChI=1S/C17H18O6S/c1-21-16-7-6-15(12-23-24(2,19)20)9-17(16)22-11-14-5-3-4-13(8-14)10-18/h3-10H,11-12H2,1-2H3. The fraction of sp³-hybridized carbons (Fsp3) is 0.235. The van der Waals surface area contributed by atoms with Gasteiger partial charge in [-0.3, -0.25) is 8.98 Å². The van der Waals surface area contributed by atoms with Gasteiger partial charge in [-0.05, 0) is 29.3 Å². The van der Waals surface area contributed by atoms with Crippen LogP contribution in [-0.2, 0) is 27.5 Å². The predicted octanol–water partition coefficient (Wildman–Crippen LogP) is 2.56. The molecule has 0 fully saturated rings. The number of hydrogen-bond acceptors (Lipinski definition) is 6. The van der Waals surface area contributed by atoms with E-state index in [0.29, 0.717) is 22.6 Å². The fourth-order valence-corrected chi connectivity index (χ4v) is 2.37. The second kappa shape index (κ2) is 7.94. The number of rotatable bonds is 8. The third-order valence-corrected chi connectivity index (χ3v) is 3.70. The minimum Gasteiger partial charge on any atom is -0.493 e. The molecule has 0 saturated heterocycles. The monoisotopic (exact) mass is 350 g/mol. The van der Waals surface area contributed by atoms with Gasteiger partial charge in [0.1, 0.15) is 12.9 Å². The molecule has 0 unspecified atom stereocenters. The number of hydrogen-bond donors (Lipinski definition) is 0. The average Bonchev–Trinajstić information content (AvgIpc) is 2.57. The minimum atomic E-state index is -3.52. The molecular formula is C17H18O6S. The highest BCUT2D eigenvalue weighted by molar-refractivity contribution is 7.85. The molecule has 0 aromatic heterocycles. The fourth-order valence-electron chi connectivity index (χ4n) is 2.02. The van der Waals surface area contributed by atoms with Crippen molar-refractivity contribution in [3.05, 3.63) is 59.2 Å². The molecule has 0 amide bonds. The summed E-state index contributed by atoms with van der Waals surface area (Å²) in [6, 6.07) is 12.1. The zero-order chi connectivity index (χ0) is 17.6. The van der Waals surface area contributed by atoms with E-state index in [2.05, 4.69) is 0 Å². The number of carbonyl (C=O) groups is 1. The summed E-state index contributed by atoms with van der Waals surface area (Å²) in [4.78, 5) is 10.8. The Morgan fingerprint density at radius 1 is 1.00 bits per heavy atom. The third kappa shape index (κ3) is 5.36. The van der Waals surface area contributed by atoms with Crippen LogP contribution in [0, 0.1) is 0 Å². The highest BCUT2D eigenvalue weighted by Gasteiger charge is 2.09. The van der Waals surface area contributed by atoms with E-state index in [-0.39, 0.29) is 13.2 Å². The number of methoxy groups -OCH3 is 1. The Bertz CT molecular complexity index is 814. The summed E-state index contributed by atoms with van der Waals surface area (Å²) in [7, 11) is -2.00. The molecule has 0 heterocycles. The highest BCUT2D eigenvalue weighted by atomic mass is 32.2. The molecule has 128 valence electrons. The first-order chi connectivity index (χ1) is 11.4. The molecule has 2 aromatic rings. The Kier molecular flexibility index (Phi) is 5.94. The lowest BCUT2D eigenvalue weighted by Gasteiger charge is -2.12. The van der Waals surface area contributed by atoms with Crippen LogP contribution in [-0.4, -0.2) is 28.1 Å². The van der Waals surface area contributed by atoms with Crippen LogP contribution in [0.3, 0.4) is 0 Å². The molecule has 0 atom stereocenters. The van der Waals surface area contributed by atoms with Gasteiger partial charge in [0.15, 0.2) is 11.5 Å². The molecule has 0 radical (unpaired) electrons. The highest BCUT2D eigenvalue weighted by Crippen LogP contribution is 2.29. The van der Waals surface area contributed by atoms with Crippen LogP contribution >= 0.6 is 0 Å². The Hall–Kier alpha value is -2.38. The largest absolute Gasteiger partial charge is 0.493 e. The van der Waals surface area contributed by atoms with Crippen LogP contribution in [0.2, 0.25) is 0 Å². The topological polar surface area (TPSA) is 78.9 Å². The molecule has 0 N–H and O–H groups in total. The average molecular weight is 350 g/mol. The molecule has 7 heteroatoms. The van der Waals surface area contributed by atoms with Crippen LogP contribution in [0.15, 0.2) is 42.5 Å². The number of carbonyl (C=O) groups excluding carboxylic acids is 1. The van der Waals surface area contributed by atoms with Gasteiger partial charge in [0.05, 0.1) is 20.0 Å². The molecule has 0 aliphatic heterocycles. The first-order valence-electron chi connectivity index (χ1n) is 7.09. The van der Waals surface area contributed by atoms with E-state index in [0.717, 1.165) is 18.1 Å². The Balaban J connectivity index is 2.13. The maximum atomic E-state index is 11.1. The van der Waals surface area contributed by atoms with Crippen LogP contribution in [0.1, 0.15) is 21.5 Å². The summed E-state index contributed by atoms with van der Waals surface area (Å²) in [5.74, 6) is 0.980. The summed E-state index contributed by atoms with van der Waals surface area (Å²) < 4.78 is 37.9. The molecule has 0 spiro atoms. The van der Waals surface area contributed by atoms with E-state index < -0.39 is 10.1 Å². The van der Waals surface area contributed by atoms with Crippen LogP contribution in [0.25, 0.3) is 0 Å². The smallest absolute Gasteiger partial charge is 0.264 e. The van der Waals surface area contributed by atoms with Crippen LogP contribution < -0.4 is 9.47 Å². The number of ether oxygens (including phenoxy) is 2. The van der Waals surface area contributed by atoms with Crippen molar-refractivity contribution in [1.29, 1.82) is 0 Å². The molecule has 0 aliphatic carbocycles. The van der Waals surface area contributed by atoms with Gasteiger partial charge >= 0.3 is 0 Å². The summed E-state index contributed by atoms with van der Waals surface area (Å²) >= 11 is 0. The maximum absolute atomic E-state index is 11.1. The van der Waals surface area contributed by atoms with Crippen molar-refractivity contribution in [1.82, 2.24) is 0 Å². The van der Waals surface area contributed by atoms with Gasteiger partial charge in [0, 0.05) is 5.56 Å². The molecule has 6 nitrogen and oxygen atoms in total. The van der Waals surface area contributed by atoms with Gasteiger partial charge in [-0.25, -0.2) is 0 Å². The van der Waals surface area contributed by atoms with Crippen LogP contribution in [0.4, 0.5) is 0 Å². The SMILES string of the molecule is COc1ccc(COS(C)(=O)=O)cc1OCc1cccc(C=O)c1. The summed E-state index contributed by atoms with van der Waals surface area (Å²) in [5.41, 5.74) is 2.04. The van der Waals surface area contributed by atoms with Gasteiger partial charge < -0.3 is 9.47 Å². The van der Waals surface area contributed by atoms with Crippen molar-refractivity contribution in [3.63, 3.8) is 0 Å². The van der Waals surface area contributed by atoms with Gasteiger partial charge in [0.2, 0.25) is 0 Å². The van der Waals surface area contributed by atoms with E-state index in [4.69, 9.17) is 13.7 Å². The number of aldehydes is 1. The minimum absolute atomic E-state index is 0.0835. The van der Waals surface area contributed by atoms with E-state index in [1.807, 2.05) is 6.07 Å².